The minimum absolute atomic E-state index is 0.139. The van der Waals surface area contributed by atoms with E-state index in [0.29, 0.717) is 23.6 Å². The fraction of sp³-hybridized carbons (Fsp3) is 0.147. The van der Waals surface area contributed by atoms with Crippen LogP contribution in [0.5, 0.6) is 5.75 Å². The third-order valence-corrected chi connectivity index (χ3v) is 8.58. The lowest BCUT2D eigenvalue weighted by Crippen LogP contribution is -2.29. The molecule has 0 heterocycles. The highest BCUT2D eigenvalue weighted by Gasteiger charge is 2.20. The van der Waals surface area contributed by atoms with Gasteiger partial charge in [0.25, 0.3) is 5.91 Å². The molecule has 0 fully saturated rings. The lowest BCUT2D eigenvalue weighted by atomic mass is 10.0. The summed E-state index contributed by atoms with van der Waals surface area (Å²) in [5.74, 6) is 0.447. The van der Waals surface area contributed by atoms with Crippen molar-refractivity contribution < 1.29 is 17.9 Å². The van der Waals surface area contributed by atoms with Gasteiger partial charge in [0.2, 0.25) is 10.0 Å². The van der Waals surface area contributed by atoms with Crippen LogP contribution in [-0.2, 0) is 36.0 Å². The minimum Gasteiger partial charge on any atom is -0.489 e. The van der Waals surface area contributed by atoms with Gasteiger partial charge in [0, 0.05) is 16.6 Å². The number of amides is 1. The molecule has 1 N–H and O–H groups in total. The van der Waals surface area contributed by atoms with Crippen LogP contribution in [0.25, 0.3) is 10.8 Å². The Morgan fingerprint density at radius 1 is 0.780 bits per heavy atom. The Labute approximate surface area is 240 Å². The number of rotatable bonds is 9. The van der Waals surface area contributed by atoms with E-state index >= 15 is 0 Å². The highest BCUT2D eigenvalue weighted by Crippen LogP contribution is 2.35. The second-order valence-corrected chi connectivity index (χ2v) is 12.2. The van der Waals surface area contributed by atoms with Crippen molar-refractivity contribution in [3.05, 3.63) is 137 Å². The van der Waals surface area contributed by atoms with Crippen LogP contribution in [0.2, 0.25) is 0 Å². The number of anilines is 2. The van der Waals surface area contributed by atoms with E-state index in [1.807, 2.05) is 48.5 Å². The van der Waals surface area contributed by atoms with Gasteiger partial charge in [-0.25, -0.2) is 8.42 Å². The first-order valence-electron chi connectivity index (χ1n) is 13.5. The molecule has 0 bridgehead atoms. The molecule has 0 aliphatic heterocycles. The first-order chi connectivity index (χ1) is 19.8. The molecule has 5 aromatic carbocycles. The summed E-state index contributed by atoms with van der Waals surface area (Å²) in [4.78, 5) is 13.1. The molecular weight excluding hydrogens is 532 g/mol. The standard InChI is InChI=1S/C34H30N2O4S/c1-41(38,39)36(29-17-19-30(20-18-29)40-23-25-6-3-2-4-7-25)22-24-10-12-28(13-11-24)34(37)35-32-21-16-27-15-14-26-8-5-9-31(32)33(26)27/h2-13,16-21H,14-15,22-23H2,1H3,(H,35,37). The Balaban J connectivity index is 1.14. The number of ether oxygens (including phenoxy) is 1. The fourth-order valence-electron chi connectivity index (χ4n) is 5.33. The van der Waals surface area contributed by atoms with Crippen molar-refractivity contribution in [3.63, 3.8) is 0 Å². The smallest absolute Gasteiger partial charge is 0.255 e. The van der Waals surface area contributed by atoms with Crippen LogP contribution in [0.15, 0.2) is 109 Å². The van der Waals surface area contributed by atoms with Gasteiger partial charge in [-0.3, -0.25) is 9.10 Å². The lowest BCUT2D eigenvalue weighted by molar-refractivity contribution is 0.102. The number of benzene rings is 5. The molecule has 0 saturated heterocycles. The number of carbonyl (C=O) groups is 1. The van der Waals surface area contributed by atoms with Gasteiger partial charge in [-0.2, -0.15) is 0 Å². The van der Waals surface area contributed by atoms with Gasteiger partial charge in [-0.05, 0) is 82.9 Å². The third-order valence-electron chi connectivity index (χ3n) is 7.44. The molecule has 0 aromatic heterocycles. The van der Waals surface area contributed by atoms with Crippen LogP contribution in [0.4, 0.5) is 11.4 Å². The Morgan fingerprint density at radius 2 is 1.49 bits per heavy atom. The molecule has 1 aliphatic rings. The summed E-state index contributed by atoms with van der Waals surface area (Å²) in [6.07, 6.45) is 3.25. The molecule has 1 aliphatic carbocycles. The molecule has 1 amide bonds. The summed E-state index contributed by atoms with van der Waals surface area (Å²) in [6, 6.07) is 34.2. The van der Waals surface area contributed by atoms with Gasteiger partial charge in [0.15, 0.2) is 0 Å². The number of carbonyl (C=O) groups excluding carboxylic acids is 1. The van der Waals surface area contributed by atoms with Crippen molar-refractivity contribution in [2.45, 2.75) is 26.0 Å². The molecule has 7 heteroatoms. The maximum atomic E-state index is 13.1. The zero-order valence-electron chi connectivity index (χ0n) is 22.7. The van der Waals surface area contributed by atoms with Gasteiger partial charge < -0.3 is 10.1 Å². The molecule has 41 heavy (non-hydrogen) atoms. The number of hydrogen-bond donors (Lipinski definition) is 1. The van der Waals surface area contributed by atoms with Crippen molar-refractivity contribution in [2.24, 2.45) is 0 Å². The molecule has 6 rings (SSSR count). The second-order valence-electron chi connectivity index (χ2n) is 10.3. The van der Waals surface area contributed by atoms with Crippen molar-refractivity contribution in [3.8, 4) is 5.75 Å². The van der Waals surface area contributed by atoms with Crippen LogP contribution in [0.3, 0.4) is 0 Å². The van der Waals surface area contributed by atoms with E-state index in [9.17, 15) is 13.2 Å². The normalized spacial score (nSPS) is 12.3. The number of nitrogens with one attached hydrogen (secondary N) is 1. The zero-order valence-corrected chi connectivity index (χ0v) is 23.5. The molecule has 5 aromatic rings. The highest BCUT2D eigenvalue weighted by molar-refractivity contribution is 7.92. The molecular formula is C34H30N2O4S. The SMILES string of the molecule is CS(=O)(=O)N(Cc1ccc(C(=O)Nc2ccc3c4c(cccc24)CC3)cc1)c1ccc(OCc2ccccc2)cc1. The molecule has 0 spiro atoms. The van der Waals surface area contributed by atoms with Gasteiger partial charge in [0.1, 0.15) is 12.4 Å². The van der Waals surface area contributed by atoms with E-state index in [4.69, 9.17) is 4.74 Å². The summed E-state index contributed by atoms with van der Waals surface area (Å²) in [5, 5.41) is 5.37. The average Bonchev–Trinajstić information content (AvgIpc) is 3.41. The number of aryl methyl sites for hydroxylation is 2. The van der Waals surface area contributed by atoms with Gasteiger partial charge in [-0.1, -0.05) is 66.7 Å². The van der Waals surface area contributed by atoms with Crippen LogP contribution < -0.4 is 14.4 Å². The quantitative estimate of drug-likeness (QED) is 0.216. The summed E-state index contributed by atoms with van der Waals surface area (Å²) in [7, 11) is -3.56. The van der Waals surface area contributed by atoms with Crippen molar-refractivity contribution in [1.29, 1.82) is 0 Å². The Kier molecular flexibility index (Phi) is 7.20. The summed E-state index contributed by atoms with van der Waals surface area (Å²) >= 11 is 0. The Bertz CT molecular complexity index is 1810. The van der Waals surface area contributed by atoms with E-state index in [1.165, 1.54) is 27.1 Å². The topological polar surface area (TPSA) is 75.7 Å². The first kappa shape index (κ1) is 26.6. The largest absolute Gasteiger partial charge is 0.489 e. The van der Waals surface area contributed by atoms with Crippen LogP contribution in [0, 0.1) is 0 Å². The number of sulfonamides is 1. The summed E-state index contributed by atoms with van der Waals surface area (Å²) < 4.78 is 32.6. The van der Waals surface area contributed by atoms with Crippen LogP contribution >= 0.6 is 0 Å². The van der Waals surface area contributed by atoms with Crippen LogP contribution in [0.1, 0.15) is 32.6 Å². The molecule has 0 unspecified atom stereocenters. The molecule has 6 nitrogen and oxygen atoms in total. The minimum atomic E-state index is -3.56. The van der Waals surface area contributed by atoms with E-state index in [1.54, 1.807) is 48.5 Å². The molecule has 206 valence electrons. The number of hydrogen-bond acceptors (Lipinski definition) is 4. The molecule has 0 radical (unpaired) electrons. The van der Waals surface area contributed by atoms with E-state index in [0.717, 1.165) is 35.0 Å². The van der Waals surface area contributed by atoms with Crippen molar-refractivity contribution in [2.75, 3.05) is 15.9 Å². The number of nitrogens with zero attached hydrogens (tertiary/aromatic N) is 1. The first-order valence-corrected chi connectivity index (χ1v) is 15.4. The maximum absolute atomic E-state index is 13.1. The Morgan fingerprint density at radius 3 is 2.20 bits per heavy atom. The molecule has 0 saturated carbocycles. The predicted molar refractivity (Wildman–Crippen MR) is 164 cm³/mol. The molecule has 0 atom stereocenters. The Hall–Kier alpha value is -4.62. The predicted octanol–water partition coefficient (Wildman–Crippen LogP) is 6.74. The monoisotopic (exact) mass is 562 g/mol. The van der Waals surface area contributed by atoms with E-state index < -0.39 is 10.0 Å². The maximum Gasteiger partial charge on any atom is 0.255 e. The van der Waals surface area contributed by atoms with E-state index in [2.05, 4.69) is 17.4 Å². The third kappa shape index (κ3) is 5.81. The highest BCUT2D eigenvalue weighted by atomic mass is 32.2. The van der Waals surface area contributed by atoms with E-state index in [-0.39, 0.29) is 12.5 Å². The van der Waals surface area contributed by atoms with Gasteiger partial charge in [-0.15, -0.1) is 0 Å². The lowest BCUT2D eigenvalue weighted by Gasteiger charge is -2.23. The van der Waals surface area contributed by atoms with Gasteiger partial charge >= 0.3 is 0 Å². The van der Waals surface area contributed by atoms with Crippen molar-refractivity contribution >= 4 is 38.1 Å². The van der Waals surface area contributed by atoms with Gasteiger partial charge in [0.05, 0.1) is 18.5 Å². The average molecular weight is 563 g/mol. The zero-order chi connectivity index (χ0) is 28.4. The fourth-order valence-corrected chi connectivity index (χ4v) is 6.22. The summed E-state index contributed by atoms with van der Waals surface area (Å²) in [5.41, 5.74) is 6.29. The van der Waals surface area contributed by atoms with Crippen LogP contribution in [-0.4, -0.2) is 20.6 Å². The second kappa shape index (κ2) is 11.1. The summed E-state index contributed by atoms with van der Waals surface area (Å²) in [6.45, 7) is 0.568. The van der Waals surface area contributed by atoms with Crippen molar-refractivity contribution in [1.82, 2.24) is 0 Å².